The highest BCUT2D eigenvalue weighted by molar-refractivity contribution is 7.47. The molecule has 0 saturated heterocycles. The lowest BCUT2D eigenvalue weighted by atomic mass is 9.99. The molecule has 0 bridgehead atoms. The van der Waals surface area contributed by atoms with Crippen LogP contribution in [0.1, 0.15) is 389 Å². The van der Waals surface area contributed by atoms with Gasteiger partial charge in [0.25, 0.3) is 0 Å². The second-order valence-corrected chi connectivity index (χ2v) is 32.1. The summed E-state index contributed by atoms with van der Waals surface area (Å²) in [6.07, 6.45) is 51.2. The van der Waals surface area contributed by atoms with E-state index in [-0.39, 0.29) is 25.7 Å². The molecule has 5 unspecified atom stereocenters. The number of rotatable bonds is 74. The maximum atomic E-state index is 13.1. The van der Waals surface area contributed by atoms with Gasteiger partial charge in [0.15, 0.2) is 12.2 Å². The molecule has 0 aromatic rings. The predicted octanol–water partition coefficient (Wildman–Crippen LogP) is 22.4. The number of aliphatic hydroxyl groups excluding tert-OH is 1. The maximum Gasteiger partial charge on any atom is 0.472 e. The van der Waals surface area contributed by atoms with E-state index in [0.717, 1.165) is 114 Å². The summed E-state index contributed by atoms with van der Waals surface area (Å²) in [5.41, 5.74) is 0. The molecule has 0 radical (unpaired) electrons. The number of aliphatic hydroxyl groups is 1. The second-order valence-electron chi connectivity index (χ2n) is 29.2. The van der Waals surface area contributed by atoms with Crippen molar-refractivity contribution in [3.63, 3.8) is 0 Å². The second kappa shape index (κ2) is 66.3. The third-order valence-electron chi connectivity index (χ3n) is 18.5. The summed E-state index contributed by atoms with van der Waals surface area (Å²) in [5.74, 6) is 1.01. The fourth-order valence-electron chi connectivity index (χ4n) is 11.7. The number of phosphoric ester groups is 2. The molecule has 0 heterocycles. The van der Waals surface area contributed by atoms with Gasteiger partial charge in [-0.05, 0) is 49.4 Å². The van der Waals surface area contributed by atoms with E-state index in [1.165, 1.54) is 193 Å². The Balaban J connectivity index is 5.25. The number of carbonyl (C=O) groups is 4. The van der Waals surface area contributed by atoms with Crippen LogP contribution in [-0.4, -0.2) is 96.7 Å². The van der Waals surface area contributed by atoms with Crippen molar-refractivity contribution in [2.24, 2.45) is 23.7 Å². The molecule has 0 aromatic carbocycles. The van der Waals surface area contributed by atoms with Crippen molar-refractivity contribution in [2.75, 3.05) is 39.6 Å². The molecule has 570 valence electrons. The summed E-state index contributed by atoms with van der Waals surface area (Å²) in [7, 11) is -9.92. The SMILES string of the molecule is CCC(C)CCCCCCCCCCCCCCCCC(=O)OC[C@H](COP(=O)(O)OCC(O)COP(=O)(O)OC[C@@H](COC(=O)CCCCCCCCCCC(C)C)OC(=O)CCCCCCCCCCCCC(C)C)OC(=O)CCCCCCCCCCCCC(C)CC. The number of unbranched alkanes of at least 4 members (excludes halogenated alkanes) is 38. The average molecular weight is 1410 g/mol. The van der Waals surface area contributed by atoms with Crippen LogP contribution in [-0.2, 0) is 65.4 Å². The van der Waals surface area contributed by atoms with Gasteiger partial charge in [-0.2, -0.15) is 0 Å². The third kappa shape index (κ3) is 67.9. The van der Waals surface area contributed by atoms with E-state index in [0.29, 0.717) is 25.7 Å². The summed E-state index contributed by atoms with van der Waals surface area (Å²) in [4.78, 5) is 72.9. The van der Waals surface area contributed by atoms with Crippen LogP contribution in [0, 0.1) is 23.7 Å². The van der Waals surface area contributed by atoms with Gasteiger partial charge in [-0.3, -0.25) is 37.3 Å². The van der Waals surface area contributed by atoms with Crippen LogP contribution in [0.4, 0.5) is 0 Å². The van der Waals surface area contributed by atoms with Crippen molar-refractivity contribution in [1.82, 2.24) is 0 Å². The first-order valence-corrected chi connectivity index (χ1v) is 42.8. The Kier molecular flexibility index (Phi) is 65.0. The van der Waals surface area contributed by atoms with Crippen molar-refractivity contribution < 1.29 is 80.2 Å². The minimum absolute atomic E-state index is 0.105. The Hall–Kier alpha value is -1.94. The van der Waals surface area contributed by atoms with Crippen LogP contribution in [0.5, 0.6) is 0 Å². The van der Waals surface area contributed by atoms with Crippen molar-refractivity contribution in [1.29, 1.82) is 0 Å². The quantitative estimate of drug-likeness (QED) is 0.0222. The van der Waals surface area contributed by atoms with Gasteiger partial charge < -0.3 is 33.8 Å². The minimum Gasteiger partial charge on any atom is -0.462 e. The van der Waals surface area contributed by atoms with E-state index in [2.05, 4.69) is 55.4 Å². The van der Waals surface area contributed by atoms with E-state index in [9.17, 15) is 43.2 Å². The number of ether oxygens (including phenoxy) is 4. The maximum absolute atomic E-state index is 13.1. The number of carbonyl (C=O) groups excluding carboxylic acids is 4. The summed E-state index contributed by atoms with van der Waals surface area (Å²) in [6, 6.07) is 0. The Bertz CT molecular complexity index is 1890. The molecule has 7 atom stereocenters. The number of phosphoric acid groups is 2. The highest BCUT2D eigenvalue weighted by atomic mass is 31.2. The molecular formula is C77H150O17P2. The lowest BCUT2D eigenvalue weighted by Gasteiger charge is -2.21. The van der Waals surface area contributed by atoms with Crippen molar-refractivity contribution in [3.8, 4) is 0 Å². The molecule has 19 heteroatoms. The topological polar surface area (TPSA) is 237 Å². The van der Waals surface area contributed by atoms with Crippen LogP contribution in [0.2, 0.25) is 0 Å². The average Bonchev–Trinajstić information content (AvgIpc) is 3.40. The highest BCUT2D eigenvalue weighted by Gasteiger charge is 2.30. The van der Waals surface area contributed by atoms with Crippen molar-refractivity contribution in [2.45, 2.75) is 408 Å². The van der Waals surface area contributed by atoms with Gasteiger partial charge in [0.05, 0.1) is 26.4 Å². The molecule has 0 fully saturated rings. The first-order chi connectivity index (χ1) is 46.2. The van der Waals surface area contributed by atoms with Gasteiger partial charge >= 0.3 is 39.5 Å². The highest BCUT2D eigenvalue weighted by Crippen LogP contribution is 2.45. The Labute approximate surface area is 588 Å². The molecule has 0 rings (SSSR count). The first kappa shape index (κ1) is 94.1. The molecule has 3 N–H and O–H groups in total. The standard InChI is InChI=1S/C77H150O17P2/c1-9-69(7)55-47-39-31-22-15-13-11-12-14-16-24-33-41-49-57-74(79)87-63-72(93-77(82)60-52-44-36-26-20-18-23-32-40-48-56-70(8)10-2)65-91-95(83,84)89-61-71(78)62-90-96(85,86)92-66-73(64-88-75(80)58-50-42-34-28-27-30-38-46-54-68(5)6)94-76(81)59-51-43-35-25-19-17-21-29-37-45-53-67(3)4/h67-73,78H,9-66H2,1-8H3,(H,83,84)(H,85,86)/t69?,70?,71?,72-,73-/m1/s1. The number of esters is 4. The predicted molar refractivity (Wildman–Crippen MR) is 391 cm³/mol. The summed E-state index contributed by atoms with van der Waals surface area (Å²) < 4.78 is 68.6. The van der Waals surface area contributed by atoms with Gasteiger partial charge in [-0.1, -0.05) is 338 Å². The molecule has 0 amide bonds. The zero-order valence-electron chi connectivity index (χ0n) is 63.0. The van der Waals surface area contributed by atoms with E-state index >= 15 is 0 Å². The Morgan fingerprint density at radius 2 is 0.500 bits per heavy atom. The summed E-state index contributed by atoms with van der Waals surface area (Å²) in [5, 5.41) is 10.6. The zero-order valence-corrected chi connectivity index (χ0v) is 64.8. The molecule has 0 aliphatic rings. The van der Waals surface area contributed by atoms with Gasteiger partial charge in [-0.25, -0.2) is 9.13 Å². The van der Waals surface area contributed by atoms with Gasteiger partial charge in [0.1, 0.15) is 19.3 Å². The molecule has 96 heavy (non-hydrogen) atoms. The van der Waals surface area contributed by atoms with Crippen LogP contribution < -0.4 is 0 Å². The fourth-order valence-corrected chi connectivity index (χ4v) is 13.2. The van der Waals surface area contributed by atoms with Crippen LogP contribution in [0.25, 0.3) is 0 Å². The van der Waals surface area contributed by atoms with Gasteiger partial charge in [-0.15, -0.1) is 0 Å². The molecular weight excluding hydrogens is 1260 g/mol. The van der Waals surface area contributed by atoms with Crippen LogP contribution in [0.3, 0.4) is 0 Å². The Morgan fingerprint density at radius 3 is 0.740 bits per heavy atom. The minimum atomic E-state index is -4.96. The van der Waals surface area contributed by atoms with Gasteiger partial charge in [0, 0.05) is 25.7 Å². The van der Waals surface area contributed by atoms with E-state index < -0.39 is 97.5 Å². The lowest BCUT2D eigenvalue weighted by Crippen LogP contribution is -2.30. The normalized spacial score (nSPS) is 14.7. The van der Waals surface area contributed by atoms with Crippen molar-refractivity contribution >= 4 is 39.5 Å². The molecule has 0 saturated carbocycles. The summed E-state index contributed by atoms with van der Waals surface area (Å²) in [6.45, 7) is 14.2. The van der Waals surface area contributed by atoms with Crippen LogP contribution >= 0.6 is 15.6 Å². The number of hydrogen-bond donors (Lipinski definition) is 3. The molecule has 0 aliphatic heterocycles. The summed E-state index contributed by atoms with van der Waals surface area (Å²) >= 11 is 0. The largest absolute Gasteiger partial charge is 0.472 e. The number of hydrogen-bond acceptors (Lipinski definition) is 15. The molecule has 0 aliphatic carbocycles. The van der Waals surface area contributed by atoms with E-state index in [1.807, 2.05) is 0 Å². The Morgan fingerprint density at radius 1 is 0.292 bits per heavy atom. The first-order valence-electron chi connectivity index (χ1n) is 39.8. The smallest absolute Gasteiger partial charge is 0.462 e. The molecule has 0 spiro atoms. The van der Waals surface area contributed by atoms with Crippen LogP contribution in [0.15, 0.2) is 0 Å². The lowest BCUT2D eigenvalue weighted by molar-refractivity contribution is -0.161. The third-order valence-corrected chi connectivity index (χ3v) is 20.4. The van der Waals surface area contributed by atoms with Gasteiger partial charge in [0.2, 0.25) is 0 Å². The van der Waals surface area contributed by atoms with E-state index in [1.54, 1.807) is 0 Å². The monoisotopic (exact) mass is 1410 g/mol. The molecule has 17 nitrogen and oxygen atoms in total. The fraction of sp³-hybridized carbons (Fsp3) is 0.948. The zero-order chi connectivity index (χ0) is 71.0. The van der Waals surface area contributed by atoms with Crippen molar-refractivity contribution in [3.05, 3.63) is 0 Å². The van der Waals surface area contributed by atoms with E-state index in [4.69, 9.17) is 37.0 Å². The molecule has 0 aromatic heterocycles.